The van der Waals surface area contributed by atoms with Gasteiger partial charge in [0.1, 0.15) is 12.0 Å². The Bertz CT molecular complexity index is 712. The van der Waals surface area contributed by atoms with Gasteiger partial charge in [0, 0.05) is 20.2 Å². The molecule has 22 heavy (non-hydrogen) atoms. The minimum atomic E-state index is -0.835. The molecule has 0 aliphatic heterocycles. The van der Waals surface area contributed by atoms with Crippen LogP contribution in [0.1, 0.15) is 16.2 Å². The van der Waals surface area contributed by atoms with Gasteiger partial charge in [0.25, 0.3) is 17.5 Å². The SMILES string of the molecule is CN(C)c1noc(CNc2ncc([N+](=O)[O-])cc2C(N)=O)n1. The van der Waals surface area contributed by atoms with E-state index in [9.17, 15) is 14.9 Å². The summed E-state index contributed by atoms with van der Waals surface area (Å²) in [6.45, 7) is 0.0892. The third-order valence-corrected chi connectivity index (χ3v) is 2.61. The largest absolute Gasteiger partial charge is 0.365 e. The summed E-state index contributed by atoms with van der Waals surface area (Å²) < 4.78 is 4.99. The monoisotopic (exact) mass is 307 g/mol. The summed E-state index contributed by atoms with van der Waals surface area (Å²) in [5.41, 5.74) is 4.77. The maximum atomic E-state index is 11.4. The van der Waals surface area contributed by atoms with Gasteiger partial charge in [-0.25, -0.2) is 4.98 Å². The first-order chi connectivity index (χ1) is 10.4. The highest BCUT2D eigenvalue weighted by atomic mass is 16.6. The number of rotatable bonds is 6. The van der Waals surface area contributed by atoms with Gasteiger partial charge < -0.3 is 20.5 Å². The van der Waals surface area contributed by atoms with Crippen molar-refractivity contribution in [1.29, 1.82) is 0 Å². The maximum Gasteiger partial charge on any atom is 0.288 e. The van der Waals surface area contributed by atoms with Crippen molar-refractivity contribution in [3.8, 4) is 0 Å². The second-order valence-electron chi connectivity index (χ2n) is 4.45. The number of anilines is 2. The predicted molar refractivity (Wildman–Crippen MR) is 75.4 cm³/mol. The molecule has 0 spiro atoms. The molecule has 11 nitrogen and oxygen atoms in total. The lowest BCUT2D eigenvalue weighted by molar-refractivity contribution is -0.385. The Morgan fingerprint density at radius 1 is 1.55 bits per heavy atom. The van der Waals surface area contributed by atoms with Gasteiger partial charge >= 0.3 is 0 Å². The van der Waals surface area contributed by atoms with E-state index in [4.69, 9.17) is 10.3 Å². The number of nitro groups is 1. The molecule has 0 atom stereocenters. The van der Waals surface area contributed by atoms with E-state index in [0.29, 0.717) is 5.95 Å². The van der Waals surface area contributed by atoms with Crippen molar-refractivity contribution >= 4 is 23.4 Å². The standard InChI is InChI=1S/C11H13N7O4/c1-17(2)11-15-8(22-16-11)5-14-10-7(9(12)19)3-6(4-13-10)18(20)21/h3-4H,5H2,1-2H3,(H2,12,19)(H,13,14). The van der Waals surface area contributed by atoms with E-state index < -0.39 is 10.8 Å². The van der Waals surface area contributed by atoms with Crippen LogP contribution >= 0.6 is 0 Å². The molecular formula is C11H13N7O4. The summed E-state index contributed by atoms with van der Waals surface area (Å²) in [7, 11) is 3.51. The van der Waals surface area contributed by atoms with Gasteiger partial charge in [-0.3, -0.25) is 14.9 Å². The first-order valence-electron chi connectivity index (χ1n) is 6.06. The molecule has 0 aliphatic rings. The molecule has 0 fully saturated rings. The molecular weight excluding hydrogens is 294 g/mol. The maximum absolute atomic E-state index is 11.4. The number of hydrogen-bond donors (Lipinski definition) is 2. The minimum Gasteiger partial charge on any atom is -0.365 e. The summed E-state index contributed by atoms with van der Waals surface area (Å²) in [5, 5.41) is 17.2. The van der Waals surface area contributed by atoms with E-state index in [-0.39, 0.29) is 29.5 Å². The Labute approximate surface area is 124 Å². The number of nitrogens with two attached hydrogens (primary N) is 1. The van der Waals surface area contributed by atoms with Crippen LogP contribution in [0.5, 0.6) is 0 Å². The highest BCUT2D eigenvalue weighted by molar-refractivity contribution is 5.98. The first kappa shape index (κ1) is 15.2. The van der Waals surface area contributed by atoms with Crippen LogP contribution in [0.25, 0.3) is 0 Å². The fraction of sp³-hybridized carbons (Fsp3) is 0.273. The number of amides is 1. The van der Waals surface area contributed by atoms with Crippen LogP contribution in [0, 0.1) is 10.1 Å². The smallest absolute Gasteiger partial charge is 0.288 e. The van der Waals surface area contributed by atoms with Crippen molar-refractivity contribution in [3.05, 3.63) is 33.8 Å². The zero-order chi connectivity index (χ0) is 16.3. The molecule has 0 saturated carbocycles. The Morgan fingerprint density at radius 3 is 2.82 bits per heavy atom. The first-order valence-corrected chi connectivity index (χ1v) is 6.06. The molecule has 0 bridgehead atoms. The van der Waals surface area contributed by atoms with Gasteiger partial charge in [-0.15, -0.1) is 0 Å². The van der Waals surface area contributed by atoms with E-state index in [2.05, 4.69) is 20.4 Å². The number of hydrogen-bond acceptors (Lipinski definition) is 9. The van der Waals surface area contributed by atoms with Crippen LogP contribution in [0.15, 0.2) is 16.8 Å². The van der Waals surface area contributed by atoms with Gasteiger partial charge in [-0.2, -0.15) is 4.98 Å². The van der Waals surface area contributed by atoms with Crippen LogP contribution in [-0.2, 0) is 6.54 Å². The Kier molecular flexibility index (Phi) is 4.15. The van der Waals surface area contributed by atoms with Gasteiger partial charge in [-0.05, 0) is 5.16 Å². The van der Waals surface area contributed by atoms with Crippen molar-refractivity contribution in [2.24, 2.45) is 5.73 Å². The predicted octanol–water partition coefficient (Wildman–Crippen LogP) is 0.150. The van der Waals surface area contributed by atoms with Crippen molar-refractivity contribution in [2.75, 3.05) is 24.3 Å². The number of pyridine rings is 1. The fourth-order valence-corrected chi connectivity index (χ4v) is 1.54. The lowest BCUT2D eigenvalue weighted by Gasteiger charge is -2.06. The van der Waals surface area contributed by atoms with E-state index in [1.807, 2.05) is 0 Å². The zero-order valence-corrected chi connectivity index (χ0v) is 11.8. The summed E-state index contributed by atoms with van der Waals surface area (Å²) >= 11 is 0. The van der Waals surface area contributed by atoms with Crippen LogP contribution < -0.4 is 16.0 Å². The summed E-state index contributed by atoms with van der Waals surface area (Å²) in [4.78, 5) is 31.0. The number of carbonyl (C=O) groups excluding carboxylic acids is 1. The number of carbonyl (C=O) groups is 1. The minimum absolute atomic E-state index is 0.0892. The summed E-state index contributed by atoms with van der Waals surface area (Å²) in [5.74, 6) is -0.0798. The Hall–Kier alpha value is -3.24. The normalized spacial score (nSPS) is 10.3. The molecule has 3 N–H and O–H groups in total. The van der Waals surface area contributed by atoms with E-state index in [1.54, 1.807) is 19.0 Å². The summed E-state index contributed by atoms with van der Waals surface area (Å²) in [6.07, 6.45) is 1.02. The van der Waals surface area contributed by atoms with Crippen molar-refractivity contribution in [1.82, 2.24) is 15.1 Å². The summed E-state index contributed by atoms with van der Waals surface area (Å²) in [6, 6.07) is 1.05. The van der Waals surface area contributed by atoms with Crippen LogP contribution in [0.2, 0.25) is 0 Å². The van der Waals surface area contributed by atoms with Gasteiger partial charge in [0.2, 0.25) is 5.89 Å². The highest BCUT2D eigenvalue weighted by Gasteiger charge is 2.17. The molecule has 2 aromatic rings. The van der Waals surface area contributed by atoms with E-state index >= 15 is 0 Å². The van der Waals surface area contributed by atoms with Crippen molar-refractivity contribution in [3.63, 3.8) is 0 Å². The molecule has 116 valence electrons. The van der Waals surface area contributed by atoms with E-state index in [0.717, 1.165) is 12.3 Å². The Balaban J connectivity index is 2.18. The van der Waals surface area contributed by atoms with Gasteiger partial charge in [0.15, 0.2) is 0 Å². The van der Waals surface area contributed by atoms with Gasteiger partial charge in [0.05, 0.1) is 17.0 Å². The van der Waals surface area contributed by atoms with E-state index in [1.165, 1.54) is 0 Å². The molecule has 1 amide bonds. The Morgan fingerprint density at radius 2 is 2.27 bits per heavy atom. The molecule has 2 heterocycles. The van der Waals surface area contributed by atoms with Crippen LogP contribution in [0.3, 0.4) is 0 Å². The quantitative estimate of drug-likeness (QED) is 0.560. The number of primary amides is 1. The van der Waals surface area contributed by atoms with Gasteiger partial charge in [-0.1, -0.05) is 0 Å². The zero-order valence-electron chi connectivity index (χ0n) is 11.8. The molecule has 2 rings (SSSR count). The third-order valence-electron chi connectivity index (χ3n) is 2.61. The molecule has 11 heteroatoms. The van der Waals surface area contributed by atoms with Crippen LogP contribution in [0.4, 0.5) is 17.5 Å². The average Bonchev–Trinajstić information content (AvgIpc) is 2.93. The highest BCUT2D eigenvalue weighted by Crippen LogP contribution is 2.19. The fourth-order valence-electron chi connectivity index (χ4n) is 1.54. The average molecular weight is 307 g/mol. The molecule has 0 unspecified atom stereocenters. The number of nitrogens with zero attached hydrogens (tertiary/aromatic N) is 5. The number of aromatic nitrogens is 3. The van der Waals surface area contributed by atoms with Crippen LogP contribution in [-0.4, -0.2) is 40.1 Å². The molecule has 2 aromatic heterocycles. The molecule has 0 saturated heterocycles. The third kappa shape index (κ3) is 3.26. The van der Waals surface area contributed by atoms with Crippen molar-refractivity contribution < 1.29 is 14.2 Å². The lowest BCUT2D eigenvalue weighted by Crippen LogP contribution is -2.16. The molecule has 0 aromatic carbocycles. The second-order valence-corrected chi connectivity index (χ2v) is 4.45. The molecule has 0 aliphatic carbocycles. The van der Waals surface area contributed by atoms with Crippen molar-refractivity contribution in [2.45, 2.75) is 6.54 Å². The molecule has 0 radical (unpaired) electrons. The lowest BCUT2D eigenvalue weighted by atomic mass is 10.2. The number of nitrogens with one attached hydrogen (secondary N) is 1. The second kappa shape index (κ2) is 6.03. The topological polar surface area (TPSA) is 153 Å².